The number of likely N-dealkylation sites (tertiary alicyclic amines) is 1. The van der Waals surface area contributed by atoms with Gasteiger partial charge in [0.2, 0.25) is 0 Å². The molecule has 2 atom stereocenters. The van der Waals surface area contributed by atoms with Crippen LogP contribution in [-0.2, 0) is 4.74 Å². The molecule has 2 aliphatic heterocycles. The maximum atomic E-state index is 6.38. The predicted octanol–water partition coefficient (Wildman–Crippen LogP) is 1.90. The SMILES string of the molecule is NCC1CCCN1CC1CCC2(CCCC2)O1. The van der Waals surface area contributed by atoms with Gasteiger partial charge in [0.25, 0.3) is 0 Å². The summed E-state index contributed by atoms with van der Waals surface area (Å²) in [5.41, 5.74) is 6.13. The maximum Gasteiger partial charge on any atom is 0.0710 e. The summed E-state index contributed by atoms with van der Waals surface area (Å²) < 4.78 is 6.38. The van der Waals surface area contributed by atoms with Crippen molar-refractivity contribution in [3.05, 3.63) is 0 Å². The molecular weight excluding hydrogens is 212 g/mol. The molecule has 1 aliphatic carbocycles. The number of nitrogens with two attached hydrogens (primary N) is 1. The minimum Gasteiger partial charge on any atom is -0.370 e. The molecule has 3 heteroatoms. The summed E-state index contributed by atoms with van der Waals surface area (Å²) >= 11 is 0. The maximum absolute atomic E-state index is 6.38. The Morgan fingerprint density at radius 2 is 1.94 bits per heavy atom. The van der Waals surface area contributed by atoms with Crippen molar-refractivity contribution in [2.45, 2.75) is 69.1 Å². The van der Waals surface area contributed by atoms with Crippen LogP contribution in [0, 0.1) is 0 Å². The first-order chi connectivity index (χ1) is 8.31. The van der Waals surface area contributed by atoms with Gasteiger partial charge in [0.05, 0.1) is 11.7 Å². The van der Waals surface area contributed by atoms with Gasteiger partial charge in [0, 0.05) is 19.1 Å². The van der Waals surface area contributed by atoms with Gasteiger partial charge in [-0.25, -0.2) is 0 Å². The molecule has 2 unspecified atom stereocenters. The monoisotopic (exact) mass is 238 g/mol. The number of hydrogen-bond acceptors (Lipinski definition) is 3. The van der Waals surface area contributed by atoms with Gasteiger partial charge in [-0.15, -0.1) is 0 Å². The van der Waals surface area contributed by atoms with Crippen molar-refractivity contribution in [3.63, 3.8) is 0 Å². The minimum absolute atomic E-state index is 0.294. The molecule has 98 valence electrons. The van der Waals surface area contributed by atoms with Crippen LogP contribution >= 0.6 is 0 Å². The van der Waals surface area contributed by atoms with Crippen LogP contribution in [0.3, 0.4) is 0 Å². The third kappa shape index (κ3) is 2.38. The van der Waals surface area contributed by atoms with E-state index >= 15 is 0 Å². The number of nitrogens with zero attached hydrogens (tertiary/aromatic N) is 1. The van der Waals surface area contributed by atoms with Crippen LogP contribution in [0.4, 0.5) is 0 Å². The zero-order valence-electron chi connectivity index (χ0n) is 10.9. The predicted molar refractivity (Wildman–Crippen MR) is 69.0 cm³/mol. The fraction of sp³-hybridized carbons (Fsp3) is 1.00. The molecule has 2 heterocycles. The normalized spacial score (nSPS) is 37.2. The van der Waals surface area contributed by atoms with Crippen LogP contribution in [-0.4, -0.2) is 42.3 Å². The third-order valence-corrected chi connectivity index (χ3v) is 5.06. The standard InChI is InChI=1S/C14H26N2O/c15-10-12-4-3-9-16(12)11-13-5-8-14(17-13)6-1-2-7-14/h12-13H,1-11,15H2. The Morgan fingerprint density at radius 3 is 2.71 bits per heavy atom. The van der Waals surface area contributed by atoms with Gasteiger partial charge in [-0.05, 0) is 45.1 Å². The molecule has 1 spiro atoms. The van der Waals surface area contributed by atoms with Crippen LogP contribution in [0.1, 0.15) is 51.4 Å². The fourth-order valence-electron chi connectivity index (χ4n) is 4.08. The van der Waals surface area contributed by atoms with Crippen molar-refractivity contribution in [2.24, 2.45) is 5.73 Å². The summed E-state index contributed by atoms with van der Waals surface area (Å²) in [7, 11) is 0. The van der Waals surface area contributed by atoms with E-state index in [4.69, 9.17) is 10.5 Å². The van der Waals surface area contributed by atoms with Crippen LogP contribution in [0.5, 0.6) is 0 Å². The topological polar surface area (TPSA) is 38.5 Å². The highest BCUT2D eigenvalue weighted by molar-refractivity contribution is 4.94. The quantitative estimate of drug-likeness (QED) is 0.816. The molecule has 0 amide bonds. The Kier molecular flexibility index (Phi) is 3.42. The highest BCUT2D eigenvalue weighted by atomic mass is 16.5. The molecule has 3 rings (SSSR count). The molecule has 2 N–H and O–H groups in total. The molecular formula is C14H26N2O. The molecule has 0 bridgehead atoms. The minimum atomic E-state index is 0.294. The Labute approximate surface area is 105 Å². The van der Waals surface area contributed by atoms with E-state index in [-0.39, 0.29) is 0 Å². The van der Waals surface area contributed by atoms with Crippen molar-refractivity contribution in [3.8, 4) is 0 Å². The molecule has 17 heavy (non-hydrogen) atoms. The van der Waals surface area contributed by atoms with Gasteiger partial charge in [-0.1, -0.05) is 12.8 Å². The summed E-state index contributed by atoms with van der Waals surface area (Å²) in [6, 6.07) is 0.624. The van der Waals surface area contributed by atoms with Crippen LogP contribution in [0.15, 0.2) is 0 Å². The van der Waals surface area contributed by atoms with E-state index < -0.39 is 0 Å². The Balaban J connectivity index is 1.53. The van der Waals surface area contributed by atoms with E-state index in [1.165, 1.54) is 57.9 Å². The lowest BCUT2D eigenvalue weighted by atomic mass is 9.98. The number of rotatable bonds is 3. The molecule has 0 aromatic rings. The van der Waals surface area contributed by atoms with Gasteiger partial charge in [-0.2, -0.15) is 0 Å². The fourth-order valence-corrected chi connectivity index (χ4v) is 4.08. The molecule has 3 nitrogen and oxygen atoms in total. The molecule has 0 radical (unpaired) electrons. The molecule has 0 aromatic heterocycles. The second kappa shape index (κ2) is 4.87. The summed E-state index contributed by atoms with van der Waals surface area (Å²) in [5.74, 6) is 0. The average Bonchev–Trinajstić information content (AvgIpc) is 3.03. The van der Waals surface area contributed by atoms with Gasteiger partial charge >= 0.3 is 0 Å². The Hall–Kier alpha value is -0.120. The van der Waals surface area contributed by atoms with Gasteiger partial charge < -0.3 is 10.5 Å². The molecule has 2 saturated heterocycles. The van der Waals surface area contributed by atoms with Crippen molar-refractivity contribution >= 4 is 0 Å². The van der Waals surface area contributed by atoms with Gasteiger partial charge in [-0.3, -0.25) is 4.90 Å². The second-order valence-electron chi connectivity index (χ2n) is 6.20. The van der Waals surface area contributed by atoms with E-state index in [0.717, 1.165) is 13.1 Å². The lowest BCUT2D eigenvalue weighted by Gasteiger charge is -2.28. The highest BCUT2D eigenvalue weighted by Gasteiger charge is 2.43. The Bertz CT molecular complexity index is 263. The van der Waals surface area contributed by atoms with Crippen molar-refractivity contribution in [1.29, 1.82) is 0 Å². The third-order valence-electron chi connectivity index (χ3n) is 5.06. The largest absolute Gasteiger partial charge is 0.370 e. The summed E-state index contributed by atoms with van der Waals surface area (Å²) in [6.07, 6.45) is 11.0. The van der Waals surface area contributed by atoms with E-state index in [9.17, 15) is 0 Å². The van der Waals surface area contributed by atoms with Crippen LogP contribution in [0.2, 0.25) is 0 Å². The van der Waals surface area contributed by atoms with Crippen molar-refractivity contribution < 1.29 is 4.74 Å². The molecule has 1 saturated carbocycles. The number of ether oxygens (including phenoxy) is 1. The smallest absolute Gasteiger partial charge is 0.0710 e. The lowest BCUT2D eigenvalue weighted by molar-refractivity contribution is -0.0481. The van der Waals surface area contributed by atoms with Gasteiger partial charge in [0.1, 0.15) is 0 Å². The molecule has 3 aliphatic rings. The second-order valence-corrected chi connectivity index (χ2v) is 6.20. The summed E-state index contributed by atoms with van der Waals surface area (Å²) in [6.45, 7) is 3.18. The van der Waals surface area contributed by atoms with E-state index in [1.54, 1.807) is 0 Å². The highest BCUT2D eigenvalue weighted by Crippen LogP contribution is 2.43. The molecule has 0 aromatic carbocycles. The van der Waals surface area contributed by atoms with Crippen molar-refractivity contribution in [1.82, 2.24) is 4.90 Å². The first kappa shape index (κ1) is 11.9. The van der Waals surface area contributed by atoms with Crippen LogP contribution in [0.25, 0.3) is 0 Å². The van der Waals surface area contributed by atoms with Crippen molar-refractivity contribution in [2.75, 3.05) is 19.6 Å². The summed E-state index contributed by atoms with van der Waals surface area (Å²) in [5, 5.41) is 0. The van der Waals surface area contributed by atoms with Gasteiger partial charge in [0.15, 0.2) is 0 Å². The first-order valence-electron chi connectivity index (χ1n) is 7.43. The van der Waals surface area contributed by atoms with E-state index in [2.05, 4.69) is 4.90 Å². The van der Waals surface area contributed by atoms with E-state index in [1.807, 2.05) is 0 Å². The lowest BCUT2D eigenvalue weighted by Crippen LogP contribution is -2.40. The average molecular weight is 238 g/mol. The summed E-state index contributed by atoms with van der Waals surface area (Å²) in [4.78, 5) is 2.57. The van der Waals surface area contributed by atoms with Crippen LogP contribution < -0.4 is 5.73 Å². The number of hydrogen-bond donors (Lipinski definition) is 1. The Morgan fingerprint density at radius 1 is 1.12 bits per heavy atom. The zero-order valence-corrected chi connectivity index (χ0v) is 10.9. The molecule has 3 fully saturated rings. The zero-order chi connectivity index (χ0) is 11.7. The van der Waals surface area contributed by atoms with E-state index in [0.29, 0.717) is 17.7 Å². The first-order valence-corrected chi connectivity index (χ1v) is 7.43.